The summed E-state index contributed by atoms with van der Waals surface area (Å²) >= 11 is 0. The minimum absolute atomic E-state index is 0.372. The minimum atomic E-state index is 0.372. The van der Waals surface area contributed by atoms with Crippen molar-refractivity contribution in [2.45, 2.75) is 53.2 Å². The van der Waals surface area contributed by atoms with Crippen LogP contribution in [0.1, 0.15) is 45.2 Å². The molecule has 1 N–H and O–H groups in total. The van der Waals surface area contributed by atoms with Gasteiger partial charge < -0.3 is 9.73 Å². The second kappa shape index (κ2) is 5.61. The first-order chi connectivity index (χ1) is 8.99. The first-order valence-corrected chi connectivity index (χ1v) is 6.85. The van der Waals surface area contributed by atoms with Gasteiger partial charge in [-0.05, 0) is 26.8 Å². The molecule has 0 radical (unpaired) electrons. The van der Waals surface area contributed by atoms with Crippen molar-refractivity contribution in [3.8, 4) is 11.1 Å². The van der Waals surface area contributed by atoms with Crippen LogP contribution in [0.5, 0.6) is 0 Å². The molecule has 0 atom stereocenters. The molecular formula is C15H23N3O. The fourth-order valence-electron chi connectivity index (χ4n) is 2.02. The van der Waals surface area contributed by atoms with Crippen molar-refractivity contribution in [3.63, 3.8) is 0 Å². The monoisotopic (exact) mass is 261 g/mol. The van der Waals surface area contributed by atoms with Crippen molar-refractivity contribution < 1.29 is 4.42 Å². The first kappa shape index (κ1) is 13.9. The molecule has 0 saturated heterocycles. The molecular weight excluding hydrogens is 238 g/mol. The van der Waals surface area contributed by atoms with E-state index in [0.717, 1.165) is 29.1 Å². The van der Waals surface area contributed by atoms with E-state index in [1.54, 1.807) is 6.26 Å². The van der Waals surface area contributed by atoms with Crippen molar-refractivity contribution in [1.82, 2.24) is 15.1 Å². The Balaban J connectivity index is 2.29. The summed E-state index contributed by atoms with van der Waals surface area (Å²) in [5.41, 5.74) is 3.33. The minimum Gasteiger partial charge on any atom is -0.467 e. The van der Waals surface area contributed by atoms with E-state index >= 15 is 0 Å². The zero-order valence-corrected chi connectivity index (χ0v) is 12.4. The molecule has 19 heavy (non-hydrogen) atoms. The van der Waals surface area contributed by atoms with E-state index in [1.165, 1.54) is 0 Å². The molecule has 0 fully saturated rings. The maximum Gasteiger partial charge on any atom is 0.125 e. The lowest BCUT2D eigenvalue weighted by Gasteiger charge is -2.07. The summed E-state index contributed by atoms with van der Waals surface area (Å²) in [5.74, 6) is 0.972. The van der Waals surface area contributed by atoms with Crippen LogP contribution in [0.15, 0.2) is 22.9 Å². The molecule has 2 heterocycles. The molecule has 4 nitrogen and oxygen atoms in total. The third-order valence-electron chi connectivity index (χ3n) is 3.15. The smallest absolute Gasteiger partial charge is 0.125 e. The maximum atomic E-state index is 5.59. The average molecular weight is 261 g/mol. The normalized spacial score (nSPS) is 11.7. The summed E-state index contributed by atoms with van der Waals surface area (Å²) < 4.78 is 7.59. The van der Waals surface area contributed by atoms with Gasteiger partial charge in [0.05, 0.1) is 18.5 Å². The fraction of sp³-hybridized carbons (Fsp3) is 0.533. The van der Waals surface area contributed by atoms with Crippen LogP contribution in [0.3, 0.4) is 0 Å². The van der Waals surface area contributed by atoms with Crippen LogP contribution in [0.25, 0.3) is 11.1 Å². The van der Waals surface area contributed by atoms with Crippen LogP contribution in [-0.4, -0.2) is 15.8 Å². The highest BCUT2D eigenvalue weighted by Crippen LogP contribution is 2.28. The Morgan fingerprint density at radius 3 is 2.58 bits per heavy atom. The number of hydrogen-bond donors (Lipinski definition) is 1. The SMILES string of the molecule is Cc1nn(C(C)C)cc1-c1ccoc1CNC(C)C. The Labute approximate surface area is 114 Å². The lowest BCUT2D eigenvalue weighted by molar-refractivity contribution is 0.466. The molecule has 0 aromatic carbocycles. The quantitative estimate of drug-likeness (QED) is 0.895. The standard InChI is InChI=1S/C15H23N3O/c1-10(2)16-8-15-13(6-7-19-15)14-9-18(11(3)4)17-12(14)5/h6-7,9-11,16H,8H2,1-5H3. The van der Waals surface area contributed by atoms with Crippen molar-refractivity contribution in [1.29, 1.82) is 0 Å². The van der Waals surface area contributed by atoms with E-state index in [4.69, 9.17) is 4.42 Å². The Morgan fingerprint density at radius 1 is 1.26 bits per heavy atom. The predicted octanol–water partition coefficient (Wildman–Crippen LogP) is 3.53. The molecule has 0 bridgehead atoms. The Hall–Kier alpha value is -1.55. The van der Waals surface area contributed by atoms with Crippen molar-refractivity contribution in [2.75, 3.05) is 0 Å². The molecule has 0 saturated carbocycles. The summed E-state index contributed by atoms with van der Waals surface area (Å²) in [4.78, 5) is 0. The molecule has 2 aromatic heterocycles. The predicted molar refractivity (Wildman–Crippen MR) is 77.0 cm³/mol. The number of rotatable bonds is 5. The molecule has 0 spiro atoms. The lowest BCUT2D eigenvalue weighted by Crippen LogP contribution is -2.21. The molecule has 4 heteroatoms. The molecule has 0 unspecified atom stereocenters. The van der Waals surface area contributed by atoms with Gasteiger partial charge in [0.25, 0.3) is 0 Å². The average Bonchev–Trinajstić information content (AvgIpc) is 2.92. The van der Waals surface area contributed by atoms with Gasteiger partial charge in [-0.2, -0.15) is 5.10 Å². The van der Waals surface area contributed by atoms with Gasteiger partial charge in [0.2, 0.25) is 0 Å². The number of nitrogens with one attached hydrogen (secondary N) is 1. The molecule has 2 aromatic rings. The summed E-state index contributed by atoms with van der Waals surface area (Å²) in [6.45, 7) is 11.3. The van der Waals surface area contributed by atoms with E-state index in [-0.39, 0.29) is 0 Å². The number of furan rings is 1. The van der Waals surface area contributed by atoms with E-state index in [1.807, 2.05) is 17.7 Å². The van der Waals surface area contributed by atoms with E-state index in [9.17, 15) is 0 Å². The van der Waals surface area contributed by atoms with E-state index in [2.05, 4.69) is 44.3 Å². The first-order valence-electron chi connectivity index (χ1n) is 6.85. The topological polar surface area (TPSA) is 43.0 Å². The molecule has 0 aliphatic rings. The van der Waals surface area contributed by atoms with Crippen LogP contribution >= 0.6 is 0 Å². The Kier molecular flexibility index (Phi) is 4.10. The van der Waals surface area contributed by atoms with Gasteiger partial charge in [-0.3, -0.25) is 4.68 Å². The summed E-state index contributed by atoms with van der Waals surface area (Å²) in [7, 11) is 0. The Bertz CT molecular complexity index is 537. The van der Waals surface area contributed by atoms with Crippen LogP contribution in [-0.2, 0) is 6.54 Å². The fourth-order valence-corrected chi connectivity index (χ4v) is 2.02. The maximum absolute atomic E-state index is 5.59. The molecule has 0 aliphatic carbocycles. The van der Waals surface area contributed by atoms with Crippen molar-refractivity contribution in [2.24, 2.45) is 0 Å². The second-order valence-corrected chi connectivity index (χ2v) is 5.49. The van der Waals surface area contributed by atoms with Crippen LogP contribution in [0, 0.1) is 6.92 Å². The Morgan fingerprint density at radius 2 is 2.00 bits per heavy atom. The van der Waals surface area contributed by atoms with Crippen molar-refractivity contribution >= 4 is 0 Å². The van der Waals surface area contributed by atoms with Gasteiger partial charge in [-0.15, -0.1) is 0 Å². The van der Waals surface area contributed by atoms with Crippen LogP contribution in [0.4, 0.5) is 0 Å². The third-order valence-corrected chi connectivity index (χ3v) is 3.15. The van der Waals surface area contributed by atoms with Gasteiger partial charge in [0.15, 0.2) is 0 Å². The number of nitrogens with zero attached hydrogens (tertiary/aromatic N) is 2. The molecule has 104 valence electrons. The lowest BCUT2D eigenvalue weighted by atomic mass is 10.1. The zero-order chi connectivity index (χ0) is 14.0. The summed E-state index contributed by atoms with van der Waals surface area (Å²) in [5, 5.41) is 7.94. The summed E-state index contributed by atoms with van der Waals surface area (Å²) in [6, 6.07) is 2.83. The number of hydrogen-bond acceptors (Lipinski definition) is 3. The van der Waals surface area contributed by atoms with Crippen LogP contribution in [0.2, 0.25) is 0 Å². The largest absolute Gasteiger partial charge is 0.467 e. The highest BCUT2D eigenvalue weighted by atomic mass is 16.3. The van der Waals surface area contributed by atoms with Gasteiger partial charge in [0, 0.05) is 29.4 Å². The summed E-state index contributed by atoms with van der Waals surface area (Å²) in [6.07, 6.45) is 3.85. The van der Waals surface area contributed by atoms with Gasteiger partial charge in [0.1, 0.15) is 5.76 Å². The van der Waals surface area contributed by atoms with E-state index < -0.39 is 0 Å². The molecule has 2 rings (SSSR count). The highest BCUT2D eigenvalue weighted by Gasteiger charge is 2.15. The second-order valence-electron chi connectivity index (χ2n) is 5.49. The third kappa shape index (κ3) is 3.07. The van der Waals surface area contributed by atoms with Crippen LogP contribution < -0.4 is 5.32 Å². The zero-order valence-electron chi connectivity index (χ0n) is 12.4. The van der Waals surface area contributed by atoms with Gasteiger partial charge in [-0.25, -0.2) is 0 Å². The van der Waals surface area contributed by atoms with E-state index in [0.29, 0.717) is 12.1 Å². The highest BCUT2D eigenvalue weighted by molar-refractivity contribution is 5.67. The number of aryl methyl sites for hydroxylation is 1. The number of aromatic nitrogens is 2. The van der Waals surface area contributed by atoms with Gasteiger partial charge >= 0.3 is 0 Å². The molecule has 0 amide bonds. The van der Waals surface area contributed by atoms with Gasteiger partial charge in [-0.1, -0.05) is 13.8 Å². The van der Waals surface area contributed by atoms with Crippen molar-refractivity contribution in [3.05, 3.63) is 30.0 Å². The molecule has 0 aliphatic heterocycles.